The number of rotatable bonds is 3. The van der Waals surface area contributed by atoms with Crippen LogP contribution in [0.3, 0.4) is 0 Å². The van der Waals surface area contributed by atoms with Gasteiger partial charge in [0, 0.05) is 13.3 Å². The molecule has 0 spiro atoms. The summed E-state index contributed by atoms with van der Waals surface area (Å²) in [6, 6.07) is 0. The highest BCUT2D eigenvalue weighted by Crippen LogP contribution is 2.62. The summed E-state index contributed by atoms with van der Waals surface area (Å²) in [7, 11) is 0. The fourth-order valence-electron chi connectivity index (χ4n) is 6.07. The van der Waals surface area contributed by atoms with Gasteiger partial charge in [-0.15, -0.1) is 0 Å². The Balaban J connectivity index is 1.83. The first-order valence-electron chi connectivity index (χ1n) is 10.0. The maximum atomic E-state index is 11.2. The van der Waals surface area contributed by atoms with Crippen molar-refractivity contribution in [3.63, 3.8) is 0 Å². The van der Waals surface area contributed by atoms with Crippen molar-refractivity contribution in [3.8, 4) is 0 Å². The lowest BCUT2D eigenvalue weighted by Crippen LogP contribution is -2.50. The molecule has 0 radical (unpaired) electrons. The molecule has 0 bridgehead atoms. The van der Waals surface area contributed by atoms with Crippen molar-refractivity contribution in [3.05, 3.63) is 24.0 Å². The lowest BCUT2D eigenvalue weighted by molar-refractivity contribution is -0.135. The maximum Gasteiger partial charge on any atom is 0.307 e. The molecule has 2 saturated carbocycles. The van der Waals surface area contributed by atoms with Crippen molar-refractivity contribution in [2.75, 3.05) is 0 Å². The molecule has 1 saturated heterocycles. The molecule has 1 aliphatic heterocycles. The Morgan fingerprint density at radius 3 is 2.81 bits per heavy atom. The molecule has 0 amide bonds. The number of aliphatic hydroxyl groups is 1. The maximum absolute atomic E-state index is 11.2. The first-order valence-corrected chi connectivity index (χ1v) is 10.0. The minimum Gasteiger partial charge on any atom is -0.435 e. The van der Waals surface area contributed by atoms with E-state index in [1.54, 1.807) is 0 Å². The van der Waals surface area contributed by atoms with Gasteiger partial charge in [-0.25, -0.2) is 0 Å². The van der Waals surface area contributed by atoms with Gasteiger partial charge in [-0.2, -0.15) is 0 Å². The number of hydrogen-bond acceptors (Lipinski definition) is 4. The topological polar surface area (TPSA) is 55.8 Å². The summed E-state index contributed by atoms with van der Waals surface area (Å²) in [5.41, 5.74) is 2.78. The van der Waals surface area contributed by atoms with E-state index in [1.807, 2.05) is 0 Å². The van der Waals surface area contributed by atoms with Crippen molar-refractivity contribution in [2.45, 2.75) is 85.0 Å². The number of allylic oxidation sites excluding steroid dienone is 1. The first-order chi connectivity index (χ1) is 12.1. The van der Waals surface area contributed by atoms with Crippen LogP contribution in [0.2, 0.25) is 0 Å². The van der Waals surface area contributed by atoms with Gasteiger partial charge in [0.05, 0.1) is 12.4 Å². The molecule has 3 rings (SSSR count). The predicted octanol–water partition coefficient (Wildman–Crippen LogP) is 4.73. The highest BCUT2D eigenvalue weighted by molar-refractivity contribution is 5.66. The van der Waals surface area contributed by atoms with E-state index in [4.69, 9.17) is 9.47 Å². The third kappa shape index (κ3) is 3.63. The Morgan fingerprint density at radius 2 is 2.12 bits per heavy atom. The Morgan fingerprint density at radius 1 is 1.38 bits per heavy atom. The third-order valence-electron chi connectivity index (χ3n) is 7.29. The molecule has 146 valence electrons. The van der Waals surface area contributed by atoms with Crippen molar-refractivity contribution >= 4 is 5.97 Å². The zero-order valence-electron chi connectivity index (χ0n) is 16.7. The van der Waals surface area contributed by atoms with E-state index in [9.17, 15) is 9.90 Å². The number of hydrogen-bond donors (Lipinski definition) is 1. The Bertz CT molecular complexity index is 605. The fourth-order valence-corrected chi connectivity index (χ4v) is 6.07. The summed E-state index contributed by atoms with van der Waals surface area (Å²) in [4.78, 5) is 11.2. The van der Waals surface area contributed by atoms with Crippen LogP contribution in [0.25, 0.3) is 0 Å². The number of carbonyl (C=O) groups is 1. The van der Waals surface area contributed by atoms with E-state index in [0.717, 1.165) is 18.4 Å². The first kappa shape index (κ1) is 19.6. The molecule has 26 heavy (non-hydrogen) atoms. The van der Waals surface area contributed by atoms with E-state index in [0.29, 0.717) is 23.7 Å². The van der Waals surface area contributed by atoms with Gasteiger partial charge in [0.2, 0.25) is 0 Å². The van der Waals surface area contributed by atoms with Gasteiger partial charge in [-0.1, -0.05) is 39.3 Å². The van der Waals surface area contributed by atoms with Gasteiger partial charge < -0.3 is 14.6 Å². The zero-order valence-corrected chi connectivity index (χ0v) is 16.7. The lowest BCUT2D eigenvalue weighted by atomic mass is 9.47. The van der Waals surface area contributed by atoms with Crippen molar-refractivity contribution in [2.24, 2.45) is 22.7 Å². The molecule has 0 aromatic heterocycles. The number of carbonyl (C=O) groups excluding carboxylic acids is 1. The monoisotopic (exact) mass is 362 g/mol. The van der Waals surface area contributed by atoms with Crippen LogP contribution in [0.4, 0.5) is 0 Å². The number of esters is 1. The molecular formula is C22H34O4. The minimum atomic E-state index is -0.815. The predicted molar refractivity (Wildman–Crippen MR) is 101 cm³/mol. The van der Waals surface area contributed by atoms with Gasteiger partial charge in [0.15, 0.2) is 6.29 Å². The smallest absolute Gasteiger partial charge is 0.307 e. The molecule has 1 N–H and O–H groups in total. The molecule has 0 unspecified atom stereocenters. The molecule has 4 heteroatoms. The molecule has 3 aliphatic rings. The second-order valence-electron chi connectivity index (χ2n) is 9.47. The summed E-state index contributed by atoms with van der Waals surface area (Å²) in [6.45, 7) is 13.1. The zero-order chi connectivity index (χ0) is 19.1. The average molecular weight is 363 g/mol. The molecule has 1 heterocycles. The van der Waals surface area contributed by atoms with Crippen LogP contribution in [0, 0.1) is 22.7 Å². The van der Waals surface area contributed by atoms with Crippen molar-refractivity contribution < 1.29 is 19.4 Å². The lowest BCUT2D eigenvalue weighted by Gasteiger charge is -2.58. The molecule has 0 aromatic carbocycles. The normalized spacial score (nSPS) is 41.1. The van der Waals surface area contributed by atoms with E-state index in [1.165, 1.54) is 44.4 Å². The molecule has 5 atom stereocenters. The van der Waals surface area contributed by atoms with Crippen molar-refractivity contribution in [1.29, 1.82) is 0 Å². The van der Waals surface area contributed by atoms with E-state index in [-0.39, 0.29) is 17.5 Å². The summed E-state index contributed by atoms with van der Waals surface area (Å²) in [6.07, 6.45) is 7.76. The molecular weight excluding hydrogens is 328 g/mol. The standard InChI is InChI=1S/C22H34O4/c1-14-7-8-19-21(3,4)9-6-10-22(19,5)17(14)12-18-16(11-20(24)26-18)13-25-15(2)23/h13,17-20,24H,1,6-12H2,2-5H3/b16-13-/t17-,18-,19-,20+,22+/m0/s1. The second kappa shape index (κ2) is 7.12. The Kier molecular flexibility index (Phi) is 5.38. The van der Waals surface area contributed by atoms with Gasteiger partial charge in [0.25, 0.3) is 0 Å². The van der Waals surface area contributed by atoms with Gasteiger partial charge in [-0.3, -0.25) is 4.79 Å². The largest absolute Gasteiger partial charge is 0.435 e. The SMILES string of the molecule is C=C1CC[C@H]2C(C)(C)CCC[C@]2(C)[C@H]1C[C@@H]1O[C@@H](O)C/C1=C/OC(C)=O. The summed E-state index contributed by atoms with van der Waals surface area (Å²) in [5, 5.41) is 9.98. The molecule has 4 nitrogen and oxygen atoms in total. The summed E-state index contributed by atoms with van der Waals surface area (Å²) >= 11 is 0. The van der Waals surface area contributed by atoms with E-state index in [2.05, 4.69) is 27.4 Å². The highest BCUT2D eigenvalue weighted by atomic mass is 16.6. The van der Waals surface area contributed by atoms with Crippen LogP contribution in [-0.2, 0) is 14.3 Å². The fraction of sp³-hybridized carbons (Fsp3) is 0.773. The van der Waals surface area contributed by atoms with Crippen LogP contribution < -0.4 is 0 Å². The highest BCUT2D eigenvalue weighted by Gasteiger charge is 2.53. The Hall–Kier alpha value is -1.13. The van der Waals surface area contributed by atoms with Crippen molar-refractivity contribution in [1.82, 2.24) is 0 Å². The number of ether oxygens (including phenoxy) is 2. The van der Waals surface area contributed by atoms with E-state index < -0.39 is 6.29 Å². The van der Waals surface area contributed by atoms with Gasteiger partial charge >= 0.3 is 5.97 Å². The van der Waals surface area contributed by atoms with Gasteiger partial charge in [0.1, 0.15) is 0 Å². The van der Waals surface area contributed by atoms with Crippen LogP contribution >= 0.6 is 0 Å². The molecule has 0 aromatic rings. The minimum absolute atomic E-state index is 0.202. The quantitative estimate of drug-likeness (QED) is 0.448. The van der Waals surface area contributed by atoms with Crippen LogP contribution in [0.15, 0.2) is 24.0 Å². The Labute approximate surface area is 157 Å². The summed E-state index contributed by atoms with van der Waals surface area (Å²) in [5.74, 6) is 0.712. The summed E-state index contributed by atoms with van der Waals surface area (Å²) < 4.78 is 10.9. The molecule has 2 aliphatic carbocycles. The van der Waals surface area contributed by atoms with E-state index >= 15 is 0 Å². The van der Waals surface area contributed by atoms with Crippen LogP contribution in [0.1, 0.15) is 72.6 Å². The average Bonchev–Trinajstić information content (AvgIpc) is 2.88. The second-order valence-corrected chi connectivity index (χ2v) is 9.47. The third-order valence-corrected chi connectivity index (χ3v) is 7.29. The number of aliphatic hydroxyl groups excluding tert-OH is 1. The van der Waals surface area contributed by atoms with Crippen LogP contribution in [0.5, 0.6) is 0 Å². The van der Waals surface area contributed by atoms with Gasteiger partial charge in [-0.05, 0) is 60.3 Å². The van der Waals surface area contributed by atoms with Crippen LogP contribution in [-0.4, -0.2) is 23.5 Å². The molecule has 3 fully saturated rings. The number of fused-ring (bicyclic) bond motifs is 1.